The summed E-state index contributed by atoms with van der Waals surface area (Å²) in [5.41, 5.74) is 5.52. The van der Waals surface area contributed by atoms with Gasteiger partial charge in [-0.05, 0) is 37.4 Å². The van der Waals surface area contributed by atoms with E-state index in [9.17, 15) is 14.4 Å². The Labute approximate surface area is 159 Å². The molecule has 0 aliphatic heterocycles. The Bertz CT molecular complexity index is 1030. The van der Waals surface area contributed by atoms with Gasteiger partial charge in [0.15, 0.2) is 0 Å². The standard InChI is InChI=1S/C18H19N5O3S/c1-3-23-17(26)12-7-4-5-8-13(12)20-18(23)22-21-15(24)11(2)19-16(25)14-9-6-10-27-14/h4-11H,3H2,1-2H3,(H,19,25)(H,20,22)(H,21,24). The van der Waals surface area contributed by atoms with Gasteiger partial charge >= 0.3 is 0 Å². The summed E-state index contributed by atoms with van der Waals surface area (Å²) in [6, 6.07) is 9.68. The van der Waals surface area contributed by atoms with Gasteiger partial charge in [-0.3, -0.25) is 29.8 Å². The fourth-order valence-corrected chi connectivity index (χ4v) is 3.15. The zero-order chi connectivity index (χ0) is 19.4. The van der Waals surface area contributed by atoms with Crippen molar-refractivity contribution in [2.24, 2.45) is 0 Å². The first-order valence-electron chi connectivity index (χ1n) is 8.41. The Balaban J connectivity index is 1.71. The van der Waals surface area contributed by atoms with Crippen LogP contribution in [0, 0.1) is 0 Å². The largest absolute Gasteiger partial charge is 0.340 e. The number of para-hydroxylation sites is 1. The third-order valence-electron chi connectivity index (χ3n) is 3.96. The summed E-state index contributed by atoms with van der Waals surface area (Å²) in [5.74, 6) is -0.543. The highest BCUT2D eigenvalue weighted by molar-refractivity contribution is 7.12. The highest BCUT2D eigenvalue weighted by Crippen LogP contribution is 2.11. The van der Waals surface area contributed by atoms with E-state index in [4.69, 9.17) is 0 Å². The Kier molecular flexibility index (Phi) is 5.51. The molecule has 3 rings (SSSR count). The molecule has 0 fully saturated rings. The van der Waals surface area contributed by atoms with Gasteiger partial charge in [-0.2, -0.15) is 0 Å². The van der Waals surface area contributed by atoms with Gasteiger partial charge in [0.25, 0.3) is 17.4 Å². The number of thiophene rings is 1. The van der Waals surface area contributed by atoms with E-state index in [1.54, 1.807) is 48.7 Å². The van der Waals surface area contributed by atoms with Crippen molar-refractivity contribution in [1.29, 1.82) is 0 Å². The number of aromatic nitrogens is 2. The molecule has 0 spiro atoms. The van der Waals surface area contributed by atoms with Gasteiger partial charge in [0.1, 0.15) is 6.04 Å². The van der Waals surface area contributed by atoms with E-state index in [2.05, 4.69) is 21.2 Å². The maximum atomic E-state index is 12.6. The molecule has 8 nitrogen and oxygen atoms in total. The molecule has 0 bridgehead atoms. The van der Waals surface area contributed by atoms with Gasteiger partial charge in [-0.25, -0.2) is 4.98 Å². The number of anilines is 1. The first kappa shape index (κ1) is 18.6. The summed E-state index contributed by atoms with van der Waals surface area (Å²) < 4.78 is 1.43. The molecule has 2 heterocycles. The maximum Gasteiger partial charge on any atom is 0.262 e. The van der Waals surface area contributed by atoms with Gasteiger partial charge in [-0.1, -0.05) is 18.2 Å². The Hall–Kier alpha value is -3.20. The minimum absolute atomic E-state index is 0.195. The van der Waals surface area contributed by atoms with E-state index in [0.717, 1.165) is 0 Å². The van der Waals surface area contributed by atoms with Gasteiger partial charge in [0, 0.05) is 6.54 Å². The first-order chi connectivity index (χ1) is 13.0. The van der Waals surface area contributed by atoms with E-state index in [0.29, 0.717) is 22.3 Å². The normalized spacial score (nSPS) is 11.8. The molecular formula is C18H19N5O3S. The second-order valence-corrected chi connectivity index (χ2v) is 6.74. The minimum atomic E-state index is -0.769. The van der Waals surface area contributed by atoms with E-state index < -0.39 is 11.9 Å². The zero-order valence-corrected chi connectivity index (χ0v) is 15.7. The number of amides is 2. The fourth-order valence-electron chi connectivity index (χ4n) is 2.52. The lowest BCUT2D eigenvalue weighted by atomic mass is 10.2. The summed E-state index contributed by atoms with van der Waals surface area (Å²) in [4.78, 5) is 41.8. The number of rotatable bonds is 6. The first-order valence-corrected chi connectivity index (χ1v) is 9.29. The monoisotopic (exact) mass is 385 g/mol. The summed E-state index contributed by atoms with van der Waals surface area (Å²) in [6.07, 6.45) is 0. The van der Waals surface area contributed by atoms with Crippen molar-refractivity contribution in [2.75, 3.05) is 5.43 Å². The van der Waals surface area contributed by atoms with Crippen molar-refractivity contribution in [2.45, 2.75) is 26.4 Å². The predicted molar refractivity (Wildman–Crippen MR) is 105 cm³/mol. The Morgan fingerprint density at radius 2 is 2.00 bits per heavy atom. The van der Waals surface area contributed by atoms with Gasteiger partial charge < -0.3 is 5.32 Å². The number of hydrazine groups is 1. The van der Waals surface area contributed by atoms with Crippen molar-refractivity contribution in [1.82, 2.24) is 20.3 Å². The minimum Gasteiger partial charge on any atom is -0.340 e. The Morgan fingerprint density at radius 3 is 2.70 bits per heavy atom. The second-order valence-electron chi connectivity index (χ2n) is 5.79. The highest BCUT2D eigenvalue weighted by Gasteiger charge is 2.18. The number of nitrogens with one attached hydrogen (secondary N) is 3. The molecule has 0 saturated carbocycles. The number of hydrogen-bond donors (Lipinski definition) is 3. The molecule has 1 atom stereocenters. The average Bonchev–Trinajstić information content (AvgIpc) is 3.21. The topological polar surface area (TPSA) is 105 Å². The van der Waals surface area contributed by atoms with E-state index in [-0.39, 0.29) is 17.4 Å². The van der Waals surface area contributed by atoms with Crippen LogP contribution in [0.4, 0.5) is 5.95 Å². The van der Waals surface area contributed by atoms with Crippen molar-refractivity contribution >= 4 is 40.0 Å². The molecule has 0 saturated heterocycles. The van der Waals surface area contributed by atoms with Crippen LogP contribution >= 0.6 is 11.3 Å². The number of fused-ring (bicyclic) bond motifs is 1. The molecule has 0 aliphatic carbocycles. The third-order valence-corrected chi connectivity index (χ3v) is 4.83. The van der Waals surface area contributed by atoms with E-state index in [1.165, 1.54) is 15.9 Å². The average molecular weight is 385 g/mol. The number of carbonyl (C=O) groups is 2. The molecule has 3 aromatic rings. The quantitative estimate of drug-likeness (QED) is 0.561. The molecule has 1 aromatic carbocycles. The van der Waals surface area contributed by atoms with Crippen LogP contribution in [-0.4, -0.2) is 27.4 Å². The molecule has 0 radical (unpaired) electrons. The smallest absolute Gasteiger partial charge is 0.262 e. The van der Waals surface area contributed by atoms with Crippen LogP contribution in [0.15, 0.2) is 46.6 Å². The molecule has 3 N–H and O–H groups in total. The molecular weight excluding hydrogens is 366 g/mol. The third kappa shape index (κ3) is 3.98. The van der Waals surface area contributed by atoms with Crippen LogP contribution in [0.3, 0.4) is 0 Å². The number of hydrogen-bond acceptors (Lipinski definition) is 6. The SMILES string of the molecule is CCn1c(NNC(=O)C(C)NC(=O)c2cccs2)nc2ccccc2c1=O. The summed E-state index contributed by atoms with van der Waals surface area (Å²) >= 11 is 1.30. The number of benzene rings is 1. The van der Waals surface area contributed by atoms with Crippen LogP contribution in [0.1, 0.15) is 23.5 Å². The van der Waals surface area contributed by atoms with Crippen LogP contribution < -0.4 is 21.7 Å². The van der Waals surface area contributed by atoms with Crippen LogP contribution in [-0.2, 0) is 11.3 Å². The van der Waals surface area contributed by atoms with Crippen LogP contribution in [0.2, 0.25) is 0 Å². The van der Waals surface area contributed by atoms with Crippen LogP contribution in [0.25, 0.3) is 10.9 Å². The highest BCUT2D eigenvalue weighted by atomic mass is 32.1. The summed E-state index contributed by atoms with van der Waals surface area (Å²) in [6.45, 7) is 3.78. The van der Waals surface area contributed by atoms with Crippen molar-refractivity contribution < 1.29 is 9.59 Å². The zero-order valence-electron chi connectivity index (χ0n) is 14.9. The molecule has 2 aromatic heterocycles. The molecule has 2 amide bonds. The summed E-state index contributed by atoms with van der Waals surface area (Å²) in [5, 5.41) is 4.91. The lowest BCUT2D eigenvalue weighted by Gasteiger charge is -2.17. The molecule has 1 unspecified atom stereocenters. The molecule has 0 aliphatic rings. The van der Waals surface area contributed by atoms with E-state index >= 15 is 0 Å². The molecule has 27 heavy (non-hydrogen) atoms. The van der Waals surface area contributed by atoms with Crippen molar-refractivity contribution in [3.8, 4) is 0 Å². The second kappa shape index (κ2) is 8.00. The fraction of sp³-hybridized carbons (Fsp3) is 0.222. The van der Waals surface area contributed by atoms with Crippen LogP contribution in [0.5, 0.6) is 0 Å². The molecule has 9 heteroatoms. The number of carbonyl (C=O) groups excluding carboxylic acids is 2. The van der Waals surface area contributed by atoms with Gasteiger partial charge in [-0.15, -0.1) is 11.3 Å². The summed E-state index contributed by atoms with van der Waals surface area (Å²) in [7, 11) is 0. The van der Waals surface area contributed by atoms with Gasteiger partial charge in [0.2, 0.25) is 5.95 Å². The van der Waals surface area contributed by atoms with Gasteiger partial charge in [0.05, 0.1) is 15.8 Å². The Morgan fingerprint density at radius 1 is 1.22 bits per heavy atom. The maximum absolute atomic E-state index is 12.6. The lowest BCUT2D eigenvalue weighted by Crippen LogP contribution is -2.47. The van der Waals surface area contributed by atoms with E-state index in [1.807, 2.05) is 6.92 Å². The predicted octanol–water partition coefficient (Wildman–Crippen LogP) is 1.74. The van der Waals surface area contributed by atoms with Crippen molar-refractivity contribution in [3.63, 3.8) is 0 Å². The van der Waals surface area contributed by atoms with Crippen molar-refractivity contribution in [3.05, 3.63) is 57.0 Å². The lowest BCUT2D eigenvalue weighted by molar-refractivity contribution is -0.122. The number of nitrogens with zero attached hydrogens (tertiary/aromatic N) is 2. The molecule has 140 valence electrons.